The Hall–Kier alpha value is -3.08. The van der Waals surface area contributed by atoms with Crippen molar-refractivity contribution in [2.75, 3.05) is 13.7 Å². The van der Waals surface area contributed by atoms with Crippen LogP contribution in [-0.4, -0.2) is 35.0 Å². The molecule has 0 bridgehead atoms. The van der Waals surface area contributed by atoms with E-state index in [0.29, 0.717) is 32.2 Å². The van der Waals surface area contributed by atoms with Crippen molar-refractivity contribution in [3.05, 3.63) is 70.9 Å². The highest BCUT2D eigenvalue weighted by molar-refractivity contribution is 5.86. The van der Waals surface area contributed by atoms with E-state index in [1.54, 1.807) is 0 Å². The van der Waals surface area contributed by atoms with Crippen molar-refractivity contribution in [3.63, 3.8) is 0 Å². The maximum absolute atomic E-state index is 12.8. The van der Waals surface area contributed by atoms with E-state index in [0.717, 1.165) is 19.5 Å². The van der Waals surface area contributed by atoms with Crippen LogP contribution >= 0.6 is 0 Å². The Labute approximate surface area is 183 Å². The predicted octanol–water partition coefficient (Wildman–Crippen LogP) is 4.62. The zero-order valence-corrected chi connectivity index (χ0v) is 18.4. The van der Waals surface area contributed by atoms with Gasteiger partial charge in [-0.25, -0.2) is 0 Å². The van der Waals surface area contributed by atoms with Crippen molar-refractivity contribution in [1.29, 1.82) is 0 Å². The van der Waals surface area contributed by atoms with E-state index in [4.69, 9.17) is 0 Å². The fraction of sp³-hybridized carbons (Fsp3) is 0.385. The fourth-order valence-corrected chi connectivity index (χ4v) is 4.47. The quantitative estimate of drug-likeness (QED) is 0.416. The van der Waals surface area contributed by atoms with Crippen molar-refractivity contribution in [3.8, 4) is 0 Å². The molecule has 2 aromatic carbocycles. The Morgan fingerprint density at radius 1 is 1.00 bits per heavy atom. The SMILES string of the molecule is COC(=O)CCCCC(=O)N1CCc2c(n(Cc3ccc(C)cc3)c3ccccc23)C1. The zero-order valence-electron chi connectivity index (χ0n) is 18.4. The fourth-order valence-electron chi connectivity index (χ4n) is 4.47. The van der Waals surface area contributed by atoms with Crippen molar-refractivity contribution in [2.24, 2.45) is 0 Å². The Morgan fingerprint density at radius 2 is 1.74 bits per heavy atom. The van der Waals surface area contributed by atoms with Crippen molar-refractivity contribution in [1.82, 2.24) is 9.47 Å². The molecule has 0 radical (unpaired) electrons. The number of benzene rings is 2. The molecule has 0 saturated heterocycles. The van der Waals surface area contributed by atoms with Crippen molar-refractivity contribution < 1.29 is 14.3 Å². The average molecular weight is 419 g/mol. The summed E-state index contributed by atoms with van der Waals surface area (Å²) in [5.74, 6) is -0.0432. The summed E-state index contributed by atoms with van der Waals surface area (Å²) in [6.45, 7) is 4.30. The van der Waals surface area contributed by atoms with Gasteiger partial charge in [-0.1, -0.05) is 48.0 Å². The second kappa shape index (κ2) is 9.38. The number of methoxy groups -OCH3 is 1. The number of fused-ring (bicyclic) bond motifs is 3. The van der Waals surface area contributed by atoms with Crippen LogP contribution in [0.25, 0.3) is 10.9 Å². The van der Waals surface area contributed by atoms with Gasteiger partial charge in [-0.3, -0.25) is 9.59 Å². The molecule has 5 heteroatoms. The van der Waals surface area contributed by atoms with E-state index >= 15 is 0 Å². The summed E-state index contributed by atoms with van der Waals surface area (Å²) in [5.41, 5.74) is 6.38. The summed E-state index contributed by atoms with van der Waals surface area (Å²) in [4.78, 5) is 26.1. The lowest BCUT2D eigenvalue weighted by Crippen LogP contribution is -2.36. The third-order valence-electron chi connectivity index (χ3n) is 6.23. The molecule has 0 aliphatic carbocycles. The maximum atomic E-state index is 12.8. The normalized spacial score (nSPS) is 13.3. The predicted molar refractivity (Wildman–Crippen MR) is 122 cm³/mol. The van der Waals surface area contributed by atoms with Crippen LogP contribution < -0.4 is 0 Å². The molecule has 1 amide bonds. The Kier molecular flexibility index (Phi) is 6.40. The molecule has 4 rings (SSSR count). The molecule has 2 heterocycles. The molecule has 0 N–H and O–H groups in total. The lowest BCUT2D eigenvalue weighted by atomic mass is 10.0. The molecule has 1 aromatic heterocycles. The van der Waals surface area contributed by atoms with Gasteiger partial charge in [-0.15, -0.1) is 0 Å². The molecule has 1 aliphatic heterocycles. The van der Waals surface area contributed by atoms with Crippen molar-refractivity contribution in [2.45, 2.75) is 52.1 Å². The third-order valence-corrected chi connectivity index (χ3v) is 6.23. The molecule has 0 spiro atoms. The highest BCUT2D eigenvalue weighted by atomic mass is 16.5. The minimum atomic E-state index is -0.212. The number of unbranched alkanes of at least 4 members (excludes halogenated alkanes) is 1. The number of carbonyl (C=O) groups is 2. The summed E-state index contributed by atoms with van der Waals surface area (Å²) in [7, 11) is 1.40. The highest BCUT2D eigenvalue weighted by Gasteiger charge is 2.26. The van der Waals surface area contributed by atoms with Crippen molar-refractivity contribution >= 4 is 22.8 Å². The number of amides is 1. The first-order valence-electron chi connectivity index (χ1n) is 11.1. The van der Waals surface area contributed by atoms with Gasteiger partial charge < -0.3 is 14.2 Å². The number of aryl methyl sites for hydroxylation is 1. The first-order valence-corrected chi connectivity index (χ1v) is 11.1. The Bertz CT molecular complexity index is 1080. The number of hydrogen-bond acceptors (Lipinski definition) is 3. The van der Waals surface area contributed by atoms with Crippen LogP contribution in [0.4, 0.5) is 0 Å². The molecule has 5 nitrogen and oxygen atoms in total. The van der Waals surface area contributed by atoms with Crippen LogP contribution in [0.2, 0.25) is 0 Å². The molecule has 0 unspecified atom stereocenters. The number of carbonyl (C=O) groups excluding carboxylic acids is 2. The van der Waals surface area contributed by atoms with Crippen LogP contribution in [0.5, 0.6) is 0 Å². The van der Waals surface area contributed by atoms with Gasteiger partial charge in [0.25, 0.3) is 0 Å². The van der Waals surface area contributed by atoms with E-state index < -0.39 is 0 Å². The minimum Gasteiger partial charge on any atom is -0.469 e. The Morgan fingerprint density at radius 3 is 2.52 bits per heavy atom. The molecular formula is C26H30N2O3. The van der Waals surface area contributed by atoms with E-state index in [2.05, 4.69) is 64.8 Å². The smallest absolute Gasteiger partial charge is 0.305 e. The number of ether oxygens (including phenoxy) is 1. The number of para-hydroxylation sites is 1. The molecule has 0 atom stereocenters. The monoisotopic (exact) mass is 418 g/mol. The minimum absolute atomic E-state index is 0.169. The molecule has 0 fully saturated rings. The summed E-state index contributed by atoms with van der Waals surface area (Å²) in [6.07, 6.45) is 3.13. The lowest BCUT2D eigenvalue weighted by Gasteiger charge is -2.29. The largest absolute Gasteiger partial charge is 0.469 e. The van der Waals surface area contributed by atoms with E-state index in [-0.39, 0.29) is 11.9 Å². The summed E-state index contributed by atoms with van der Waals surface area (Å²) in [5, 5.41) is 1.30. The van der Waals surface area contributed by atoms with Crippen LogP contribution in [0.1, 0.15) is 48.1 Å². The van der Waals surface area contributed by atoms with Gasteiger partial charge >= 0.3 is 5.97 Å². The topological polar surface area (TPSA) is 51.5 Å². The number of nitrogens with zero attached hydrogens (tertiary/aromatic N) is 2. The van der Waals surface area contributed by atoms with Crippen LogP contribution in [-0.2, 0) is 33.8 Å². The maximum Gasteiger partial charge on any atom is 0.305 e. The standard InChI is InChI=1S/C26H30N2O3/c1-19-11-13-20(14-12-19)17-28-23-8-4-3-7-21(23)22-15-16-27(18-24(22)28)25(29)9-5-6-10-26(30)31-2/h3-4,7-8,11-14H,5-6,9-10,15-18H2,1-2H3. The number of aromatic nitrogens is 1. The second-order valence-electron chi connectivity index (χ2n) is 8.36. The van der Waals surface area contributed by atoms with E-state index in [1.807, 2.05) is 4.90 Å². The zero-order chi connectivity index (χ0) is 21.8. The molecular weight excluding hydrogens is 388 g/mol. The van der Waals surface area contributed by atoms with Crippen LogP contribution in [0, 0.1) is 6.92 Å². The number of esters is 1. The average Bonchev–Trinajstić information content (AvgIpc) is 3.11. The van der Waals surface area contributed by atoms with Gasteiger partial charge in [0.15, 0.2) is 0 Å². The first-order chi connectivity index (χ1) is 15.1. The van der Waals surface area contributed by atoms with Crippen LogP contribution in [0.15, 0.2) is 48.5 Å². The van der Waals surface area contributed by atoms with Gasteiger partial charge in [0.05, 0.1) is 13.7 Å². The van der Waals surface area contributed by atoms with Gasteiger partial charge in [0.2, 0.25) is 5.91 Å². The second-order valence-corrected chi connectivity index (χ2v) is 8.36. The van der Waals surface area contributed by atoms with Gasteiger partial charge in [0.1, 0.15) is 0 Å². The first kappa shape index (κ1) is 21.2. The summed E-state index contributed by atoms with van der Waals surface area (Å²) < 4.78 is 7.05. The molecule has 3 aromatic rings. The van der Waals surface area contributed by atoms with Crippen LogP contribution in [0.3, 0.4) is 0 Å². The van der Waals surface area contributed by atoms with Gasteiger partial charge in [-0.2, -0.15) is 0 Å². The van der Waals surface area contributed by atoms with Gasteiger partial charge in [0, 0.05) is 42.5 Å². The molecule has 1 aliphatic rings. The molecule has 0 saturated carbocycles. The Balaban J connectivity index is 1.53. The highest BCUT2D eigenvalue weighted by Crippen LogP contribution is 2.32. The summed E-state index contributed by atoms with van der Waals surface area (Å²) in [6, 6.07) is 17.2. The molecule has 162 valence electrons. The number of hydrogen-bond donors (Lipinski definition) is 0. The lowest BCUT2D eigenvalue weighted by molar-refractivity contribution is -0.141. The molecule has 31 heavy (non-hydrogen) atoms. The third kappa shape index (κ3) is 4.66. The number of rotatable bonds is 7. The van der Waals surface area contributed by atoms with Gasteiger partial charge in [-0.05, 0) is 43.4 Å². The van der Waals surface area contributed by atoms with E-state index in [9.17, 15) is 9.59 Å². The van der Waals surface area contributed by atoms with E-state index in [1.165, 1.54) is 40.4 Å². The summed E-state index contributed by atoms with van der Waals surface area (Å²) >= 11 is 0.